The summed E-state index contributed by atoms with van der Waals surface area (Å²) in [5, 5.41) is 24.6. The normalized spacial score (nSPS) is 10.6. The van der Waals surface area contributed by atoms with Crippen LogP contribution < -0.4 is 0 Å². The zero-order valence-corrected chi connectivity index (χ0v) is 35.1. The summed E-state index contributed by atoms with van der Waals surface area (Å²) in [4.78, 5) is 34.7. The molecule has 0 atom stereocenters. The number of carboxylic acids is 2. The second-order valence-electron chi connectivity index (χ2n) is 13.9. The van der Waals surface area contributed by atoms with Crippen molar-refractivity contribution in [2.75, 3.05) is 0 Å². The molecule has 0 unspecified atom stereocenters. The molecule has 0 aliphatic rings. The molecule has 0 saturated heterocycles. The van der Waals surface area contributed by atoms with E-state index in [9.17, 15) is 9.59 Å². The molecule has 7 aromatic carbocycles. The number of pyridine rings is 3. The Hall–Kier alpha value is -7.38. The average molecular weight is 972 g/mol. The molecule has 0 amide bonds. The SMILES string of the molecule is O=C(O)CCc1ccc(-c2ccc(C(=O)O)nc2)cc1.[Ir].[c-]1ccccc1-c1nc2ccccc2c2ccccc12.[c-]1ccccc1-c1nc2ccccc2c2ccccc12. The number of fused-ring (bicyclic) bond motifs is 6. The molecule has 61 heavy (non-hydrogen) atoms. The monoisotopic (exact) mass is 972 g/mol. The molecule has 3 heterocycles. The number of aryl methyl sites for hydroxylation is 1. The minimum absolute atomic E-state index is 0. The molecule has 0 spiro atoms. The Morgan fingerprint density at radius 1 is 0.475 bits per heavy atom. The molecule has 7 nitrogen and oxygen atoms in total. The van der Waals surface area contributed by atoms with Crippen LogP contribution in [0.3, 0.4) is 0 Å². The van der Waals surface area contributed by atoms with Crippen molar-refractivity contribution in [1.29, 1.82) is 0 Å². The third-order valence-electron chi connectivity index (χ3n) is 10.0. The standard InChI is InChI=1S/2C19H12N.C15H13NO4.Ir/c2*1-2-8-14(9-3-1)19-17-12-5-4-10-15(17)16-11-6-7-13-18(16)20-19;17-14(18)8-3-10-1-4-11(5-2-10)12-6-7-13(15(19)20)16-9-12;/h2*1-8,10-13H;1-2,4-7,9H,3,8H2,(H,17,18)(H,19,20);/q2*-1;;. The van der Waals surface area contributed by atoms with Gasteiger partial charge in [-0.15, -0.1) is 71.8 Å². The van der Waals surface area contributed by atoms with Crippen LogP contribution >= 0.6 is 0 Å². The number of aromatic carboxylic acids is 1. The van der Waals surface area contributed by atoms with E-state index in [4.69, 9.17) is 20.2 Å². The molecule has 0 aliphatic heterocycles. The van der Waals surface area contributed by atoms with Crippen molar-refractivity contribution in [2.45, 2.75) is 12.8 Å². The molecule has 0 aliphatic carbocycles. The van der Waals surface area contributed by atoms with Gasteiger partial charge >= 0.3 is 11.9 Å². The first kappa shape index (κ1) is 41.8. The van der Waals surface area contributed by atoms with Crippen LogP contribution in [0.5, 0.6) is 0 Å². The molecule has 1 radical (unpaired) electrons. The van der Waals surface area contributed by atoms with E-state index >= 15 is 0 Å². The van der Waals surface area contributed by atoms with E-state index in [2.05, 4.69) is 114 Å². The molecule has 0 saturated carbocycles. The van der Waals surface area contributed by atoms with Crippen LogP contribution in [0.4, 0.5) is 0 Å². The number of aromatic nitrogens is 3. The maximum atomic E-state index is 10.7. The van der Waals surface area contributed by atoms with Crippen molar-refractivity contribution < 1.29 is 39.9 Å². The maximum Gasteiger partial charge on any atom is 0.354 e. The first-order valence-corrected chi connectivity index (χ1v) is 19.4. The first-order valence-electron chi connectivity index (χ1n) is 19.4. The molecule has 10 rings (SSSR count). The summed E-state index contributed by atoms with van der Waals surface area (Å²) in [5.74, 6) is -1.87. The number of rotatable bonds is 7. The third-order valence-corrected chi connectivity index (χ3v) is 10.0. The van der Waals surface area contributed by atoms with E-state index in [-0.39, 0.29) is 32.2 Å². The van der Waals surface area contributed by atoms with Crippen LogP contribution in [0.15, 0.2) is 188 Å². The van der Waals surface area contributed by atoms with E-state index in [0.29, 0.717) is 6.42 Å². The van der Waals surface area contributed by atoms with Gasteiger partial charge in [0, 0.05) is 49.1 Å². The summed E-state index contributed by atoms with van der Waals surface area (Å²) in [6.45, 7) is 0. The van der Waals surface area contributed by atoms with Gasteiger partial charge in [-0.3, -0.25) is 14.8 Å². The minimum Gasteiger partial charge on any atom is -0.481 e. The largest absolute Gasteiger partial charge is 0.481 e. The Morgan fingerprint density at radius 2 is 0.918 bits per heavy atom. The smallest absolute Gasteiger partial charge is 0.354 e. The van der Waals surface area contributed by atoms with Gasteiger partial charge in [-0.25, -0.2) is 9.78 Å². The van der Waals surface area contributed by atoms with Gasteiger partial charge in [0.25, 0.3) is 0 Å². The summed E-state index contributed by atoms with van der Waals surface area (Å²) in [6, 6.07) is 66.6. The topological polar surface area (TPSA) is 113 Å². The molecule has 8 heteroatoms. The van der Waals surface area contributed by atoms with E-state index in [1.165, 1.54) is 44.6 Å². The molecule has 0 bridgehead atoms. The zero-order chi connectivity index (χ0) is 41.3. The van der Waals surface area contributed by atoms with Crippen molar-refractivity contribution in [2.24, 2.45) is 0 Å². The van der Waals surface area contributed by atoms with Gasteiger partial charge in [0.1, 0.15) is 5.69 Å². The second kappa shape index (κ2) is 19.6. The van der Waals surface area contributed by atoms with Crippen LogP contribution in [0.1, 0.15) is 22.5 Å². The molecular weight excluding hydrogens is 935 g/mol. The van der Waals surface area contributed by atoms with E-state index in [1.54, 1.807) is 6.07 Å². The number of hydrogen-bond acceptors (Lipinski definition) is 5. The van der Waals surface area contributed by atoms with Gasteiger partial charge in [0.2, 0.25) is 0 Å². The van der Waals surface area contributed by atoms with Crippen molar-refractivity contribution in [1.82, 2.24) is 15.0 Å². The van der Waals surface area contributed by atoms with E-state index < -0.39 is 11.9 Å². The van der Waals surface area contributed by atoms with E-state index in [1.807, 2.05) is 72.8 Å². The Bertz CT molecular complexity index is 2930. The minimum atomic E-state index is -1.06. The summed E-state index contributed by atoms with van der Waals surface area (Å²) in [6.07, 6.45) is 2.11. The predicted molar refractivity (Wildman–Crippen MR) is 240 cm³/mol. The first-order chi connectivity index (χ1) is 29.4. The number of para-hydroxylation sites is 2. The van der Waals surface area contributed by atoms with Crippen LogP contribution in [0.2, 0.25) is 0 Å². The summed E-state index contributed by atoms with van der Waals surface area (Å²) in [7, 11) is 0. The third kappa shape index (κ3) is 9.75. The van der Waals surface area contributed by atoms with Gasteiger partial charge in [-0.05, 0) is 68.7 Å². The number of nitrogens with zero attached hydrogens (tertiary/aromatic N) is 3. The summed E-state index contributed by atoms with van der Waals surface area (Å²) < 4.78 is 0. The average Bonchev–Trinajstić information content (AvgIpc) is 3.31. The van der Waals surface area contributed by atoms with Crippen molar-refractivity contribution in [3.63, 3.8) is 0 Å². The molecule has 2 N–H and O–H groups in total. The number of aliphatic carboxylic acids is 1. The van der Waals surface area contributed by atoms with E-state index in [0.717, 1.165) is 50.2 Å². The predicted octanol–water partition coefficient (Wildman–Crippen LogP) is 12.2. The molecule has 3 aromatic heterocycles. The number of benzene rings is 7. The maximum absolute atomic E-state index is 10.7. The van der Waals surface area contributed by atoms with Crippen molar-refractivity contribution in [3.05, 3.63) is 212 Å². The fourth-order valence-corrected chi connectivity index (χ4v) is 7.11. The van der Waals surface area contributed by atoms with Crippen LogP contribution in [-0.2, 0) is 31.3 Å². The van der Waals surface area contributed by atoms with Gasteiger partial charge in [0.05, 0.1) is 11.0 Å². The van der Waals surface area contributed by atoms with Crippen molar-refractivity contribution >= 4 is 55.3 Å². The fourth-order valence-electron chi connectivity index (χ4n) is 7.11. The molecule has 10 aromatic rings. The van der Waals surface area contributed by atoms with Crippen molar-refractivity contribution in [3.8, 4) is 33.6 Å². The van der Waals surface area contributed by atoms with Gasteiger partial charge in [0.15, 0.2) is 0 Å². The molecule has 299 valence electrons. The number of hydrogen-bond donors (Lipinski definition) is 2. The second-order valence-corrected chi connectivity index (χ2v) is 13.9. The summed E-state index contributed by atoms with van der Waals surface area (Å²) in [5.41, 5.74) is 8.81. The number of carbonyl (C=O) groups is 2. The number of carboxylic acid groups (broad SMARTS) is 2. The Balaban J connectivity index is 0.000000137. The van der Waals surface area contributed by atoms with Gasteiger partial charge in [-0.1, -0.05) is 115 Å². The van der Waals surface area contributed by atoms with Crippen LogP contribution in [0.25, 0.3) is 77.0 Å². The van der Waals surface area contributed by atoms with Gasteiger partial charge in [-0.2, -0.15) is 0 Å². The molecular formula is C53H37IrN3O4-2. The van der Waals surface area contributed by atoms with Crippen LogP contribution in [0, 0.1) is 12.1 Å². The fraction of sp³-hybridized carbons (Fsp3) is 0.0377. The zero-order valence-electron chi connectivity index (χ0n) is 32.7. The summed E-state index contributed by atoms with van der Waals surface area (Å²) >= 11 is 0. The molecule has 0 fully saturated rings. The van der Waals surface area contributed by atoms with Gasteiger partial charge < -0.3 is 10.2 Å². The quantitative estimate of drug-likeness (QED) is 0.121. The Kier molecular flexibility index (Phi) is 13.4. The Labute approximate surface area is 366 Å². The Morgan fingerprint density at radius 3 is 1.34 bits per heavy atom. The van der Waals surface area contributed by atoms with Crippen LogP contribution in [-0.4, -0.2) is 37.1 Å².